The van der Waals surface area contributed by atoms with Gasteiger partial charge in [0.05, 0.1) is 0 Å². The van der Waals surface area contributed by atoms with Gasteiger partial charge in [-0.15, -0.1) is 0 Å². The molecule has 0 saturated carbocycles. The summed E-state index contributed by atoms with van der Waals surface area (Å²) in [4.78, 5) is 17.8. The molecule has 0 aromatic carbocycles. The summed E-state index contributed by atoms with van der Waals surface area (Å²) in [6, 6.07) is 3.69. The van der Waals surface area contributed by atoms with Crippen LogP contribution in [0.4, 0.5) is 0 Å². The Morgan fingerprint density at radius 3 is 3.11 bits per heavy atom. The van der Waals surface area contributed by atoms with Crippen LogP contribution in [0.15, 0.2) is 18.3 Å². The summed E-state index contributed by atoms with van der Waals surface area (Å²) in [5.74, 6) is -0.255. The quantitative estimate of drug-likeness (QED) is 0.893. The molecule has 1 aliphatic rings. The molecule has 0 spiro atoms. The molecule has 1 N–H and O–H groups in total. The van der Waals surface area contributed by atoms with Gasteiger partial charge in [0.25, 0.3) is 0 Å². The van der Waals surface area contributed by atoms with Gasteiger partial charge >= 0.3 is 5.97 Å². The number of nitrogens with zero attached hydrogens (tertiary/aromatic N) is 4. The van der Waals surface area contributed by atoms with Gasteiger partial charge in [-0.2, -0.15) is 5.10 Å². The minimum Gasteiger partial charge on any atom is -0.478 e. The molecule has 3 heterocycles. The Bertz CT molecular complexity index is 622. The average molecular weight is 260 g/mol. The van der Waals surface area contributed by atoms with E-state index in [9.17, 15) is 4.79 Å². The van der Waals surface area contributed by atoms with Crippen LogP contribution in [0.5, 0.6) is 0 Å². The number of hydrogen-bond acceptors (Lipinski definition) is 4. The van der Waals surface area contributed by atoms with Crippen molar-refractivity contribution in [3.8, 4) is 0 Å². The van der Waals surface area contributed by atoms with E-state index < -0.39 is 5.97 Å². The van der Waals surface area contributed by atoms with Crippen LogP contribution in [0.3, 0.4) is 0 Å². The zero-order valence-corrected chi connectivity index (χ0v) is 10.8. The predicted octanol–water partition coefficient (Wildman–Crippen LogP) is 1.06. The van der Waals surface area contributed by atoms with Crippen molar-refractivity contribution in [1.82, 2.24) is 19.5 Å². The van der Waals surface area contributed by atoms with E-state index in [4.69, 9.17) is 5.11 Å². The van der Waals surface area contributed by atoms with Crippen molar-refractivity contribution in [2.45, 2.75) is 25.3 Å². The van der Waals surface area contributed by atoms with Crippen molar-refractivity contribution in [3.63, 3.8) is 0 Å². The van der Waals surface area contributed by atoms with Crippen LogP contribution in [0.1, 0.15) is 29.0 Å². The topological polar surface area (TPSA) is 70.7 Å². The number of carboxylic acids is 1. The lowest BCUT2D eigenvalue weighted by molar-refractivity contribution is 0.0698. The van der Waals surface area contributed by atoms with Gasteiger partial charge in [0, 0.05) is 18.7 Å². The predicted molar refractivity (Wildman–Crippen MR) is 69.3 cm³/mol. The highest BCUT2D eigenvalue weighted by Crippen LogP contribution is 2.18. The van der Waals surface area contributed by atoms with E-state index in [1.54, 1.807) is 22.8 Å². The highest BCUT2D eigenvalue weighted by Gasteiger charge is 2.23. The van der Waals surface area contributed by atoms with Crippen molar-refractivity contribution >= 4 is 11.6 Å². The summed E-state index contributed by atoms with van der Waals surface area (Å²) in [6.45, 7) is 1.11. The Balaban J connectivity index is 1.93. The Kier molecular flexibility index (Phi) is 2.94. The molecule has 0 amide bonds. The Labute approximate surface area is 110 Å². The normalized spacial score (nSPS) is 20.2. The maximum Gasteiger partial charge on any atom is 0.339 e. The molecule has 100 valence electrons. The Morgan fingerprint density at radius 2 is 2.42 bits per heavy atom. The maximum atomic E-state index is 11.1. The minimum absolute atomic E-state index is 0.195. The first-order valence-corrected chi connectivity index (χ1v) is 6.43. The third kappa shape index (κ3) is 2.19. The first-order valence-electron chi connectivity index (χ1n) is 6.43. The lowest BCUT2D eigenvalue weighted by atomic mass is 10.1. The standard InChI is InChI=1S/C13H16N4O2/c1-16-6-2-4-9(16)8-11-14-12-10(13(18)19)5-3-7-17(12)15-11/h3,5,7,9H,2,4,6,8H2,1H3,(H,18,19). The lowest BCUT2D eigenvalue weighted by Crippen LogP contribution is -2.27. The Hall–Kier alpha value is -1.95. The molecule has 6 heteroatoms. The average Bonchev–Trinajstić information content (AvgIpc) is 2.95. The lowest BCUT2D eigenvalue weighted by Gasteiger charge is -2.17. The largest absolute Gasteiger partial charge is 0.478 e. The highest BCUT2D eigenvalue weighted by molar-refractivity contribution is 5.94. The van der Waals surface area contributed by atoms with E-state index in [0.717, 1.165) is 19.4 Å². The minimum atomic E-state index is -0.970. The van der Waals surface area contributed by atoms with Gasteiger partial charge in [0.2, 0.25) is 0 Å². The van der Waals surface area contributed by atoms with E-state index in [0.29, 0.717) is 17.5 Å². The van der Waals surface area contributed by atoms with Crippen LogP contribution >= 0.6 is 0 Å². The first-order chi connectivity index (χ1) is 9.15. The van der Waals surface area contributed by atoms with E-state index >= 15 is 0 Å². The molecule has 1 saturated heterocycles. The molecule has 1 atom stereocenters. The van der Waals surface area contributed by atoms with Crippen molar-refractivity contribution in [1.29, 1.82) is 0 Å². The molecule has 6 nitrogen and oxygen atoms in total. The van der Waals surface area contributed by atoms with E-state index in [1.165, 1.54) is 6.42 Å². The molecule has 1 aliphatic heterocycles. The molecule has 19 heavy (non-hydrogen) atoms. The molecule has 0 radical (unpaired) electrons. The summed E-state index contributed by atoms with van der Waals surface area (Å²) in [5.41, 5.74) is 0.617. The highest BCUT2D eigenvalue weighted by atomic mass is 16.4. The second-order valence-corrected chi connectivity index (χ2v) is 5.00. The van der Waals surface area contributed by atoms with Crippen molar-refractivity contribution in [3.05, 3.63) is 29.7 Å². The summed E-state index contributed by atoms with van der Waals surface area (Å²) < 4.78 is 1.55. The number of likely N-dealkylation sites (tertiary alicyclic amines) is 1. The second kappa shape index (κ2) is 4.62. The van der Waals surface area contributed by atoms with Crippen LogP contribution in [-0.2, 0) is 6.42 Å². The Morgan fingerprint density at radius 1 is 1.58 bits per heavy atom. The molecule has 0 bridgehead atoms. The van der Waals surface area contributed by atoms with Crippen LogP contribution < -0.4 is 0 Å². The third-order valence-electron chi connectivity index (χ3n) is 3.73. The van der Waals surface area contributed by atoms with Gasteiger partial charge in [0.15, 0.2) is 11.5 Å². The molecular weight excluding hydrogens is 244 g/mol. The van der Waals surface area contributed by atoms with Gasteiger partial charge in [-0.05, 0) is 38.6 Å². The maximum absolute atomic E-state index is 11.1. The monoisotopic (exact) mass is 260 g/mol. The third-order valence-corrected chi connectivity index (χ3v) is 3.73. The fraction of sp³-hybridized carbons (Fsp3) is 0.462. The van der Waals surface area contributed by atoms with Crippen molar-refractivity contribution in [2.75, 3.05) is 13.6 Å². The van der Waals surface area contributed by atoms with E-state index in [1.807, 2.05) is 0 Å². The fourth-order valence-corrected chi connectivity index (χ4v) is 2.65. The molecule has 1 fully saturated rings. The number of pyridine rings is 1. The van der Waals surface area contributed by atoms with E-state index in [-0.39, 0.29) is 5.56 Å². The SMILES string of the molecule is CN1CCCC1Cc1nc2c(C(=O)O)cccn2n1. The zero-order valence-electron chi connectivity index (χ0n) is 10.8. The first kappa shape index (κ1) is 12.1. The number of carbonyl (C=O) groups is 1. The zero-order chi connectivity index (χ0) is 13.4. The second-order valence-electron chi connectivity index (χ2n) is 5.00. The van der Waals surface area contributed by atoms with Crippen molar-refractivity contribution < 1.29 is 9.90 Å². The summed E-state index contributed by atoms with van der Waals surface area (Å²) in [7, 11) is 2.11. The van der Waals surface area contributed by atoms with Crippen LogP contribution in [0.2, 0.25) is 0 Å². The molecule has 1 unspecified atom stereocenters. The van der Waals surface area contributed by atoms with Gasteiger partial charge in [-0.25, -0.2) is 14.3 Å². The van der Waals surface area contributed by atoms with Crippen LogP contribution in [-0.4, -0.2) is 50.2 Å². The molecule has 0 aliphatic carbocycles. The number of carboxylic acid groups (broad SMARTS) is 1. The number of likely N-dealkylation sites (N-methyl/N-ethyl adjacent to an activating group) is 1. The van der Waals surface area contributed by atoms with Gasteiger partial charge < -0.3 is 10.0 Å². The number of aromatic carboxylic acids is 1. The molecule has 2 aromatic heterocycles. The van der Waals surface area contributed by atoms with E-state index in [2.05, 4.69) is 22.0 Å². The van der Waals surface area contributed by atoms with Gasteiger partial charge in [-0.1, -0.05) is 0 Å². The van der Waals surface area contributed by atoms with Crippen LogP contribution in [0.25, 0.3) is 5.65 Å². The summed E-state index contributed by atoms with van der Waals surface area (Å²) >= 11 is 0. The van der Waals surface area contributed by atoms with Crippen LogP contribution in [0, 0.1) is 0 Å². The molecular formula is C13H16N4O2. The number of rotatable bonds is 3. The number of fused-ring (bicyclic) bond motifs is 1. The van der Waals surface area contributed by atoms with Crippen molar-refractivity contribution in [2.24, 2.45) is 0 Å². The molecule has 2 aromatic rings. The molecule has 3 rings (SSSR count). The number of hydrogen-bond donors (Lipinski definition) is 1. The summed E-state index contributed by atoms with van der Waals surface area (Å²) in [6.07, 6.45) is 4.86. The van der Waals surface area contributed by atoms with Gasteiger partial charge in [-0.3, -0.25) is 0 Å². The summed E-state index contributed by atoms with van der Waals surface area (Å²) in [5, 5.41) is 13.5. The number of aromatic nitrogens is 3. The fourth-order valence-electron chi connectivity index (χ4n) is 2.65. The van der Waals surface area contributed by atoms with Gasteiger partial charge in [0.1, 0.15) is 5.56 Å². The smallest absolute Gasteiger partial charge is 0.339 e.